The number of aromatic nitrogens is 2. The standard InChI is InChI=1S/C22H29N5O7/c1-11(29)19(26-7-6-12-4-2-3-5-13(12)9-26)25-20(32)14-8-16(23)24-22(33)27(14)21-18(31)17(30)15(10-28)34-21/h2-5,8,11,15,17-19,21,28-31H,6-7,9-10H2,1H3,(H,25,32)(H2,23,24,33)/t11?,15-,17?,18?,19?,21-/m1/s1. The van der Waals surface area contributed by atoms with Gasteiger partial charge in [-0.25, -0.2) is 4.79 Å². The lowest BCUT2D eigenvalue weighted by molar-refractivity contribution is -0.0558. The van der Waals surface area contributed by atoms with Crippen molar-refractivity contribution in [2.75, 3.05) is 18.9 Å². The summed E-state index contributed by atoms with van der Waals surface area (Å²) in [4.78, 5) is 31.5. The minimum absolute atomic E-state index is 0.223. The number of hydrogen-bond donors (Lipinski definition) is 6. The Morgan fingerprint density at radius 3 is 2.65 bits per heavy atom. The number of amides is 1. The van der Waals surface area contributed by atoms with Crippen molar-refractivity contribution in [3.05, 3.63) is 57.6 Å². The summed E-state index contributed by atoms with van der Waals surface area (Å²) >= 11 is 0. The van der Waals surface area contributed by atoms with Crippen LogP contribution in [0.1, 0.15) is 34.8 Å². The number of anilines is 1. The summed E-state index contributed by atoms with van der Waals surface area (Å²) in [7, 11) is 0. The van der Waals surface area contributed by atoms with Gasteiger partial charge in [0, 0.05) is 19.2 Å². The molecular weight excluding hydrogens is 446 g/mol. The third-order valence-corrected chi connectivity index (χ3v) is 6.27. The van der Waals surface area contributed by atoms with Crippen LogP contribution in [0.15, 0.2) is 35.1 Å². The number of rotatable bonds is 6. The summed E-state index contributed by atoms with van der Waals surface area (Å²) in [5, 5.41) is 43.1. The zero-order valence-electron chi connectivity index (χ0n) is 18.6. The normalized spacial score (nSPS) is 26.6. The second-order valence-electron chi connectivity index (χ2n) is 8.60. The van der Waals surface area contributed by atoms with E-state index in [0.717, 1.165) is 22.6 Å². The van der Waals surface area contributed by atoms with Crippen LogP contribution in [-0.4, -0.2) is 84.5 Å². The summed E-state index contributed by atoms with van der Waals surface area (Å²) in [5.41, 5.74) is 6.76. The molecule has 0 aliphatic carbocycles. The minimum Gasteiger partial charge on any atom is -0.394 e. The van der Waals surface area contributed by atoms with Crippen molar-refractivity contribution in [1.29, 1.82) is 0 Å². The van der Waals surface area contributed by atoms with Crippen LogP contribution in [0.3, 0.4) is 0 Å². The zero-order valence-corrected chi connectivity index (χ0v) is 18.6. The molecule has 1 aromatic carbocycles. The number of ether oxygens (including phenoxy) is 1. The van der Waals surface area contributed by atoms with Crippen molar-refractivity contribution in [3.63, 3.8) is 0 Å². The van der Waals surface area contributed by atoms with Crippen LogP contribution < -0.4 is 16.7 Å². The number of nitrogens with two attached hydrogens (primary N) is 1. The van der Waals surface area contributed by atoms with Gasteiger partial charge in [-0.3, -0.25) is 14.3 Å². The largest absolute Gasteiger partial charge is 0.394 e. The zero-order chi connectivity index (χ0) is 24.6. The average Bonchev–Trinajstić information content (AvgIpc) is 3.09. The fourth-order valence-corrected chi connectivity index (χ4v) is 4.50. The number of aliphatic hydroxyl groups excluding tert-OH is 4. The quantitative estimate of drug-likeness (QED) is 0.271. The molecule has 0 radical (unpaired) electrons. The van der Waals surface area contributed by atoms with E-state index in [-0.39, 0.29) is 11.5 Å². The van der Waals surface area contributed by atoms with Crippen LogP contribution in [0.4, 0.5) is 5.82 Å². The van der Waals surface area contributed by atoms with Crippen LogP contribution in [0.2, 0.25) is 0 Å². The number of carbonyl (C=O) groups excluding carboxylic acids is 1. The van der Waals surface area contributed by atoms with Gasteiger partial charge in [-0.15, -0.1) is 0 Å². The van der Waals surface area contributed by atoms with Gasteiger partial charge in [-0.2, -0.15) is 4.98 Å². The maximum absolute atomic E-state index is 13.3. The monoisotopic (exact) mass is 475 g/mol. The molecule has 7 N–H and O–H groups in total. The molecule has 2 aliphatic rings. The van der Waals surface area contributed by atoms with Gasteiger partial charge in [0.2, 0.25) is 0 Å². The lowest BCUT2D eigenvalue weighted by Gasteiger charge is -2.37. The minimum atomic E-state index is -1.60. The third-order valence-electron chi connectivity index (χ3n) is 6.27. The topological polar surface area (TPSA) is 183 Å². The highest BCUT2D eigenvalue weighted by Gasteiger charge is 2.45. The SMILES string of the molecule is CC(O)C(NC(=O)c1cc(N)nc(=O)n1[C@@H]1O[C@H](CO)C(O)C1O)N1CCc2ccccc2C1. The molecule has 1 fully saturated rings. The van der Waals surface area contributed by atoms with E-state index in [1.165, 1.54) is 5.56 Å². The molecule has 6 atom stereocenters. The van der Waals surface area contributed by atoms with E-state index >= 15 is 0 Å². The predicted molar refractivity (Wildman–Crippen MR) is 119 cm³/mol. The molecule has 2 aliphatic heterocycles. The summed E-state index contributed by atoms with van der Waals surface area (Å²) < 4.78 is 6.22. The number of nitrogens with one attached hydrogen (secondary N) is 1. The maximum Gasteiger partial charge on any atom is 0.352 e. The highest BCUT2D eigenvalue weighted by atomic mass is 16.6. The van der Waals surface area contributed by atoms with Crippen molar-refractivity contribution >= 4 is 11.7 Å². The van der Waals surface area contributed by atoms with Gasteiger partial charge < -0.3 is 36.2 Å². The van der Waals surface area contributed by atoms with Crippen molar-refractivity contribution < 1.29 is 30.0 Å². The number of nitrogen functional groups attached to an aromatic ring is 1. The average molecular weight is 476 g/mol. The first-order valence-electron chi connectivity index (χ1n) is 11.0. The number of fused-ring (bicyclic) bond motifs is 1. The van der Waals surface area contributed by atoms with Gasteiger partial charge in [0.05, 0.1) is 12.7 Å². The van der Waals surface area contributed by atoms with Crippen LogP contribution >= 0.6 is 0 Å². The summed E-state index contributed by atoms with van der Waals surface area (Å²) in [6.45, 7) is 2.04. The van der Waals surface area contributed by atoms with Crippen LogP contribution in [0.5, 0.6) is 0 Å². The number of carbonyl (C=O) groups is 1. The Bertz CT molecular complexity index is 1110. The highest BCUT2D eigenvalue weighted by Crippen LogP contribution is 2.29. The van der Waals surface area contributed by atoms with Gasteiger partial charge in [0.1, 0.15) is 36.0 Å². The predicted octanol–water partition coefficient (Wildman–Crippen LogP) is -2.07. The van der Waals surface area contributed by atoms with Gasteiger partial charge in [0.15, 0.2) is 6.23 Å². The number of benzene rings is 1. The van der Waals surface area contributed by atoms with Crippen molar-refractivity contribution in [3.8, 4) is 0 Å². The van der Waals surface area contributed by atoms with E-state index in [9.17, 15) is 30.0 Å². The van der Waals surface area contributed by atoms with Crippen molar-refractivity contribution in [1.82, 2.24) is 19.8 Å². The molecule has 12 heteroatoms. The van der Waals surface area contributed by atoms with E-state index in [4.69, 9.17) is 10.5 Å². The molecule has 1 amide bonds. The van der Waals surface area contributed by atoms with Crippen LogP contribution in [0.25, 0.3) is 0 Å². The Balaban J connectivity index is 1.63. The Labute approximate surface area is 195 Å². The molecular formula is C22H29N5O7. The molecule has 0 spiro atoms. The fraction of sp³-hybridized carbons (Fsp3) is 0.500. The number of hydrogen-bond acceptors (Lipinski definition) is 10. The van der Waals surface area contributed by atoms with Gasteiger partial charge in [-0.1, -0.05) is 24.3 Å². The third kappa shape index (κ3) is 4.56. The van der Waals surface area contributed by atoms with Crippen molar-refractivity contribution in [2.45, 2.75) is 56.7 Å². The van der Waals surface area contributed by atoms with Gasteiger partial charge in [-0.05, 0) is 24.5 Å². The Morgan fingerprint density at radius 2 is 2.00 bits per heavy atom. The van der Waals surface area contributed by atoms with Crippen LogP contribution in [-0.2, 0) is 17.7 Å². The second-order valence-corrected chi connectivity index (χ2v) is 8.60. The molecule has 4 rings (SSSR count). The van der Waals surface area contributed by atoms with E-state index in [2.05, 4.69) is 10.3 Å². The molecule has 4 unspecified atom stereocenters. The molecule has 0 saturated carbocycles. The maximum atomic E-state index is 13.3. The molecule has 1 saturated heterocycles. The Morgan fingerprint density at radius 1 is 1.29 bits per heavy atom. The molecule has 12 nitrogen and oxygen atoms in total. The van der Waals surface area contributed by atoms with Gasteiger partial charge >= 0.3 is 5.69 Å². The van der Waals surface area contributed by atoms with E-state index < -0.39 is 55.0 Å². The molecule has 1 aromatic heterocycles. The molecule has 3 heterocycles. The lowest BCUT2D eigenvalue weighted by Crippen LogP contribution is -2.56. The first-order chi connectivity index (χ1) is 16.2. The van der Waals surface area contributed by atoms with E-state index in [1.54, 1.807) is 6.92 Å². The summed E-state index contributed by atoms with van der Waals surface area (Å²) in [6.07, 6.45) is -6.71. The van der Waals surface area contributed by atoms with Crippen LogP contribution in [0, 0.1) is 0 Å². The number of aliphatic hydroxyl groups is 4. The van der Waals surface area contributed by atoms with E-state index in [0.29, 0.717) is 13.1 Å². The first kappa shape index (κ1) is 24.3. The van der Waals surface area contributed by atoms with Gasteiger partial charge in [0.25, 0.3) is 5.91 Å². The molecule has 0 bridgehead atoms. The number of nitrogens with zero attached hydrogens (tertiary/aromatic N) is 3. The summed E-state index contributed by atoms with van der Waals surface area (Å²) in [5.74, 6) is -0.979. The van der Waals surface area contributed by atoms with E-state index in [1.807, 2.05) is 29.2 Å². The lowest BCUT2D eigenvalue weighted by atomic mass is 9.99. The highest BCUT2D eigenvalue weighted by molar-refractivity contribution is 5.93. The second kappa shape index (κ2) is 9.78. The fourth-order valence-electron chi connectivity index (χ4n) is 4.50. The molecule has 184 valence electrons. The molecule has 34 heavy (non-hydrogen) atoms. The van der Waals surface area contributed by atoms with Crippen molar-refractivity contribution in [2.24, 2.45) is 0 Å². The smallest absolute Gasteiger partial charge is 0.352 e. The molecule has 2 aromatic rings. The Kier molecular flexibility index (Phi) is 6.98. The Hall–Kier alpha value is -2.87. The first-order valence-corrected chi connectivity index (χ1v) is 11.0. The summed E-state index contributed by atoms with van der Waals surface area (Å²) in [6, 6.07) is 9.08.